The van der Waals surface area contributed by atoms with Crippen LogP contribution in [-0.2, 0) is 9.53 Å². The van der Waals surface area contributed by atoms with Crippen molar-refractivity contribution in [2.45, 2.75) is 37.7 Å². The highest BCUT2D eigenvalue weighted by molar-refractivity contribution is 8.00. The van der Waals surface area contributed by atoms with Crippen LogP contribution in [-0.4, -0.2) is 59.3 Å². The molecule has 0 unspecified atom stereocenters. The van der Waals surface area contributed by atoms with Crippen LogP contribution in [0.5, 0.6) is 0 Å². The largest absolute Gasteiger partial charge is 0.444 e. The molecule has 0 N–H and O–H groups in total. The minimum absolute atomic E-state index is 0.120. The first-order chi connectivity index (χ1) is 11.3. The van der Waals surface area contributed by atoms with Crippen molar-refractivity contribution in [2.75, 3.05) is 31.9 Å². The smallest absolute Gasteiger partial charge is 0.410 e. The normalized spacial score (nSPS) is 15.8. The molecule has 0 atom stereocenters. The van der Waals surface area contributed by atoms with Gasteiger partial charge in [-0.3, -0.25) is 4.79 Å². The van der Waals surface area contributed by atoms with Crippen LogP contribution in [0.3, 0.4) is 0 Å². The van der Waals surface area contributed by atoms with E-state index in [0.29, 0.717) is 31.9 Å². The third-order valence-electron chi connectivity index (χ3n) is 3.61. The molecule has 2 rings (SSSR count). The molecular weight excluding hydrogens is 324 g/mol. The highest BCUT2D eigenvalue weighted by Crippen LogP contribution is 2.18. The topological polar surface area (TPSA) is 49.9 Å². The van der Waals surface area contributed by atoms with Crippen LogP contribution in [0.25, 0.3) is 0 Å². The van der Waals surface area contributed by atoms with Gasteiger partial charge < -0.3 is 14.5 Å². The Balaban J connectivity index is 1.81. The molecule has 1 aromatic rings. The van der Waals surface area contributed by atoms with E-state index >= 15 is 0 Å². The van der Waals surface area contributed by atoms with E-state index in [2.05, 4.69) is 0 Å². The van der Waals surface area contributed by atoms with Gasteiger partial charge in [-0.05, 0) is 39.3 Å². The number of hydrogen-bond acceptors (Lipinski definition) is 4. The third-order valence-corrected chi connectivity index (χ3v) is 4.60. The predicted octanol–water partition coefficient (Wildman–Crippen LogP) is 3.25. The lowest BCUT2D eigenvalue weighted by Gasteiger charge is -2.26. The maximum Gasteiger partial charge on any atom is 0.410 e. The number of rotatable bonds is 3. The fourth-order valence-electron chi connectivity index (χ4n) is 2.43. The zero-order valence-corrected chi connectivity index (χ0v) is 15.5. The number of carbonyl (C=O) groups excluding carboxylic acids is 2. The molecule has 24 heavy (non-hydrogen) atoms. The Labute approximate surface area is 148 Å². The Kier molecular flexibility index (Phi) is 6.54. The summed E-state index contributed by atoms with van der Waals surface area (Å²) in [5, 5.41) is 0. The second-order valence-electron chi connectivity index (χ2n) is 6.80. The first-order valence-corrected chi connectivity index (χ1v) is 9.27. The van der Waals surface area contributed by atoms with Crippen LogP contribution >= 0.6 is 11.8 Å². The van der Waals surface area contributed by atoms with Gasteiger partial charge in [0.05, 0.1) is 5.75 Å². The number of ether oxygens (including phenoxy) is 1. The molecule has 5 nitrogen and oxygen atoms in total. The van der Waals surface area contributed by atoms with Crippen LogP contribution < -0.4 is 0 Å². The quantitative estimate of drug-likeness (QED) is 0.785. The van der Waals surface area contributed by atoms with Crippen LogP contribution in [0.2, 0.25) is 0 Å². The number of hydrogen-bond donors (Lipinski definition) is 0. The van der Waals surface area contributed by atoms with Gasteiger partial charge in [0.15, 0.2) is 0 Å². The van der Waals surface area contributed by atoms with Gasteiger partial charge in [-0.2, -0.15) is 0 Å². The maximum atomic E-state index is 12.4. The van der Waals surface area contributed by atoms with E-state index in [1.165, 1.54) is 0 Å². The SMILES string of the molecule is CC(C)(C)OC(=O)N1CCCN(C(=O)CSc2ccccc2)CC1. The summed E-state index contributed by atoms with van der Waals surface area (Å²) in [5.41, 5.74) is -0.495. The number of benzene rings is 1. The van der Waals surface area contributed by atoms with Crippen LogP contribution in [0.1, 0.15) is 27.2 Å². The van der Waals surface area contributed by atoms with Crippen LogP contribution in [0, 0.1) is 0 Å². The summed E-state index contributed by atoms with van der Waals surface area (Å²) >= 11 is 1.55. The monoisotopic (exact) mass is 350 g/mol. The highest BCUT2D eigenvalue weighted by atomic mass is 32.2. The summed E-state index contributed by atoms with van der Waals surface area (Å²) < 4.78 is 5.41. The van der Waals surface area contributed by atoms with Crippen molar-refractivity contribution in [2.24, 2.45) is 0 Å². The molecule has 132 valence electrons. The number of thioether (sulfide) groups is 1. The molecule has 0 saturated carbocycles. The van der Waals surface area contributed by atoms with E-state index in [0.717, 1.165) is 11.3 Å². The van der Waals surface area contributed by atoms with Crippen molar-refractivity contribution in [1.29, 1.82) is 0 Å². The molecule has 1 aliphatic heterocycles. The second kappa shape index (κ2) is 8.42. The molecule has 1 heterocycles. The molecule has 6 heteroatoms. The van der Waals surface area contributed by atoms with E-state index < -0.39 is 5.60 Å². The average Bonchev–Trinajstić information content (AvgIpc) is 2.78. The maximum absolute atomic E-state index is 12.4. The summed E-state index contributed by atoms with van der Waals surface area (Å²) in [4.78, 5) is 29.2. The Bertz CT molecular complexity index is 557. The molecule has 0 aliphatic carbocycles. The number of amides is 2. The van der Waals surface area contributed by atoms with Gasteiger partial charge in [0.2, 0.25) is 5.91 Å². The zero-order chi connectivity index (χ0) is 17.6. The second-order valence-corrected chi connectivity index (χ2v) is 7.85. The summed E-state index contributed by atoms with van der Waals surface area (Å²) in [5.74, 6) is 0.547. The minimum atomic E-state index is -0.495. The molecule has 1 saturated heterocycles. The molecule has 0 spiro atoms. The third kappa shape index (κ3) is 6.07. The number of carbonyl (C=O) groups is 2. The van der Waals surface area contributed by atoms with E-state index in [9.17, 15) is 9.59 Å². The lowest BCUT2D eigenvalue weighted by Crippen LogP contribution is -2.40. The molecule has 1 aromatic carbocycles. The summed E-state index contributed by atoms with van der Waals surface area (Å²) in [6.07, 6.45) is 0.483. The first-order valence-electron chi connectivity index (χ1n) is 8.29. The van der Waals surface area contributed by atoms with Crippen molar-refractivity contribution in [3.05, 3.63) is 30.3 Å². The fourth-order valence-corrected chi connectivity index (χ4v) is 3.25. The Hall–Kier alpha value is -1.69. The zero-order valence-electron chi connectivity index (χ0n) is 14.7. The Morgan fingerprint density at radius 2 is 1.67 bits per heavy atom. The van der Waals surface area contributed by atoms with Gasteiger partial charge in [-0.25, -0.2) is 4.79 Å². The molecule has 0 aromatic heterocycles. The lowest BCUT2D eigenvalue weighted by atomic mass is 10.2. The molecule has 1 aliphatic rings. The summed E-state index contributed by atoms with van der Waals surface area (Å²) in [6, 6.07) is 9.91. The summed E-state index contributed by atoms with van der Waals surface area (Å²) in [6.45, 7) is 7.99. The standard InChI is InChI=1S/C18H26N2O3S/c1-18(2,3)23-17(22)20-11-7-10-19(12-13-20)16(21)14-24-15-8-5-4-6-9-15/h4-6,8-9H,7,10-14H2,1-3H3. The highest BCUT2D eigenvalue weighted by Gasteiger charge is 2.25. The van der Waals surface area contributed by atoms with Crippen molar-refractivity contribution >= 4 is 23.8 Å². The predicted molar refractivity (Wildman–Crippen MR) is 96.2 cm³/mol. The lowest BCUT2D eigenvalue weighted by molar-refractivity contribution is -0.128. The van der Waals surface area contributed by atoms with Crippen molar-refractivity contribution in [3.8, 4) is 0 Å². The van der Waals surface area contributed by atoms with Crippen LogP contribution in [0.4, 0.5) is 4.79 Å². The van der Waals surface area contributed by atoms with E-state index in [1.54, 1.807) is 16.7 Å². The Morgan fingerprint density at radius 1 is 1.04 bits per heavy atom. The average molecular weight is 350 g/mol. The van der Waals surface area contributed by atoms with Gasteiger partial charge >= 0.3 is 6.09 Å². The van der Waals surface area contributed by atoms with Gasteiger partial charge in [0, 0.05) is 31.1 Å². The minimum Gasteiger partial charge on any atom is -0.444 e. The molecular formula is C18H26N2O3S. The molecule has 1 fully saturated rings. The van der Waals surface area contributed by atoms with E-state index in [1.807, 2.05) is 56.0 Å². The summed E-state index contributed by atoms with van der Waals surface area (Å²) in [7, 11) is 0. The van der Waals surface area contributed by atoms with Gasteiger partial charge in [0.1, 0.15) is 5.60 Å². The number of nitrogens with zero attached hydrogens (tertiary/aromatic N) is 2. The van der Waals surface area contributed by atoms with Gasteiger partial charge in [-0.1, -0.05) is 18.2 Å². The van der Waals surface area contributed by atoms with Gasteiger partial charge in [-0.15, -0.1) is 11.8 Å². The van der Waals surface area contributed by atoms with Crippen molar-refractivity contribution < 1.29 is 14.3 Å². The van der Waals surface area contributed by atoms with Crippen molar-refractivity contribution in [3.63, 3.8) is 0 Å². The van der Waals surface area contributed by atoms with E-state index in [-0.39, 0.29) is 12.0 Å². The molecule has 0 radical (unpaired) electrons. The molecule has 2 amide bonds. The first kappa shape index (κ1) is 18.6. The van der Waals surface area contributed by atoms with Crippen LogP contribution in [0.15, 0.2) is 35.2 Å². The fraction of sp³-hybridized carbons (Fsp3) is 0.556. The van der Waals surface area contributed by atoms with E-state index in [4.69, 9.17) is 4.74 Å². The Morgan fingerprint density at radius 3 is 2.33 bits per heavy atom. The molecule has 0 bridgehead atoms. The van der Waals surface area contributed by atoms with Gasteiger partial charge in [0.25, 0.3) is 0 Å². The van der Waals surface area contributed by atoms with Crippen molar-refractivity contribution in [1.82, 2.24) is 9.80 Å².